The molecular formula is C19H19N3O2. The van der Waals surface area contributed by atoms with Crippen molar-refractivity contribution in [3.8, 4) is 17.1 Å². The minimum Gasteiger partial charge on any atom is -0.496 e. The summed E-state index contributed by atoms with van der Waals surface area (Å²) < 4.78 is 11.1. The Bertz CT molecular complexity index is 851. The number of ether oxygens (including phenoxy) is 1. The van der Waals surface area contributed by atoms with Crippen LogP contribution in [0.2, 0.25) is 0 Å². The number of benzene rings is 2. The van der Waals surface area contributed by atoms with Gasteiger partial charge in [0.05, 0.1) is 12.5 Å². The first kappa shape index (κ1) is 14.9. The van der Waals surface area contributed by atoms with Gasteiger partial charge in [-0.3, -0.25) is 0 Å². The lowest BCUT2D eigenvalue weighted by Gasteiger charge is -2.14. The Morgan fingerprint density at radius 1 is 1.12 bits per heavy atom. The molecule has 24 heavy (non-hydrogen) atoms. The molecule has 1 aliphatic carbocycles. The number of methoxy groups -OCH3 is 1. The summed E-state index contributed by atoms with van der Waals surface area (Å²) in [5, 5.41) is 4.17. The lowest BCUT2D eigenvalue weighted by molar-refractivity contribution is 0.352. The van der Waals surface area contributed by atoms with Gasteiger partial charge in [0, 0.05) is 17.7 Å². The molecule has 3 aromatic rings. The third kappa shape index (κ3) is 2.37. The van der Waals surface area contributed by atoms with E-state index in [1.165, 1.54) is 0 Å². The molecule has 4 rings (SSSR count). The maximum atomic E-state index is 5.64. The fourth-order valence-electron chi connectivity index (χ4n) is 3.09. The number of nitrogens with two attached hydrogens (primary N) is 1. The predicted octanol–water partition coefficient (Wildman–Crippen LogP) is 3.28. The van der Waals surface area contributed by atoms with Crippen LogP contribution in [0.25, 0.3) is 11.4 Å². The normalized spacial score (nSPS) is 15.2. The minimum absolute atomic E-state index is 0.213. The van der Waals surface area contributed by atoms with Gasteiger partial charge in [0.15, 0.2) is 0 Å². The number of aromatic nitrogens is 2. The molecule has 2 N–H and O–H groups in total. The highest BCUT2D eigenvalue weighted by Gasteiger charge is 2.52. The van der Waals surface area contributed by atoms with Gasteiger partial charge in [0.2, 0.25) is 11.7 Å². The van der Waals surface area contributed by atoms with Gasteiger partial charge in [0.25, 0.3) is 0 Å². The second-order valence-electron chi connectivity index (χ2n) is 6.11. The molecule has 0 amide bonds. The van der Waals surface area contributed by atoms with E-state index in [2.05, 4.69) is 16.2 Å². The van der Waals surface area contributed by atoms with Gasteiger partial charge in [-0.25, -0.2) is 0 Å². The summed E-state index contributed by atoms with van der Waals surface area (Å²) in [6.07, 6.45) is 1.97. The van der Waals surface area contributed by atoms with Crippen molar-refractivity contribution in [1.29, 1.82) is 0 Å². The zero-order valence-corrected chi connectivity index (χ0v) is 13.5. The Hall–Kier alpha value is -2.66. The van der Waals surface area contributed by atoms with Crippen LogP contribution < -0.4 is 10.5 Å². The highest BCUT2D eigenvalue weighted by molar-refractivity contribution is 5.56. The maximum Gasteiger partial charge on any atom is 0.237 e. The van der Waals surface area contributed by atoms with Crippen LogP contribution in [0.4, 0.5) is 0 Å². The molecule has 0 atom stereocenters. The fraction of sp³-hybridized carbons (Fsp3) is 0.263. The Morgan fingerprint density at radius 2 is 1.88 bits per heavy atom. The van der Waals surface area contributed by atoms with E-state index in [0.29, 0.717) is 18.3 Å². The van der Waals surface area contributed by atoms with Crippen molar-refractivity contribution in [1.82, 2.24) is 10.1 Å². The first-order chi connectivity index (χ1) is 11.8. The van der Waals surface area contributed by atoms with Crippen molar-refractivity contribution in [3.63, 3.8) is 0 Å². The number of para-hydroxylation sites is 1. The van der Waals surface area contributed by atoms with Gasteiger partial charge in [-0.2, -0.15) is 4.98 Å². The van der Waals surface area contributed by atoms with Gasteiger partial charge in [-0.05, 0) is 24.5 Å². The van der Waals surface area contributed by atoms with Gasteiger partial charge in [-0.1, -0.05) is 47.6 Å². The number of hydrogen-bond donors (Lipinski definition) is 1. The van der Waals surface area contributed by atoms with E-state index in [-0.39, 0.29) is 5.41 Å². The van der Waals surface area contributed by atoms with E-state index in [1.54, 1.807) is 7.11 Å². The van der Waals surface area contributed by atoms with Crippen LogP contribution in [0.5, 0.6) is 5.75 Å². The summed E-state index contributed by atoms with van der Waals surface area (Å²) in [5.41, 5.74) is 8.54. The van der Waals surface area contributed by atoms with Crippen molar-refractivity contribution in [2.24, 2.45) is 5.73 Å². The summed E-state index contributed by atoms with van der Waals surface area (Å²) in [5.74, 6) is 2.13. The molecule has 1 heterocycles. The summed E-state index contributed by atoms with van der Waals surface area (Å²) >= 11 is 0. The summed E-state index contributed by atoms with van der Waals surface area (Å²) in [6, 6.07) is 15.9. The largest absolute Gasteiger partial charge is 0.496 e. The SMILES string of the molecule is COc1ccccc1C1(c2nc(-c3ccc(CN)cc3)no2)CC1. The Balaban J connectivity index is 1.69. The van der Waals surface area contributed by atoms with E-state index in [4.69, 9.17) is 15.0 Å². The molecule has 1 aliphatic rings. The molecule has 0 unspecified atom stereocenters. The monoisotopic (exact) mass is 321 g/mol. The minimum atomic E-state index is -0.213. The lowest BCUT2D eigenvalue weighted by Crippen LogP contribution is -2.10. The number of hydrogen-bond acceptors (Lipinski definition) is 5. The fourth-order valence-corrected chi connectivity index (χ4v) is 3.09. The molecular weight excluding hydrogens is 302 g/mol. The lowest BCUT2D eigenvalue weighted by atomic mass is 9.95. The average Bonchev–Trinajstić information content (AvgIpc) is 3.31. The van der Waals surface area contributed by atoms with E-state index in [0.717, 1.165) is 35.3 Å². The molecule has 1 aromatic heterocycles. The van der Waals surface area contributed by atoms with Crippen LogP contribution >= 0.6 is 0 Å². The molecule has 5 heteroatoms. The first-order valence-corrected chi connectivity index (χ1v) is 8.04. The quantitative estimate of drug-likeness (QED) is 0.780. The van der Waals surface area contributed by atoms with E-state index in [9.17, 15) is 0 Å². The maximum absolute atomic E-state index is 5.64. The molecule has 0 saturated heterocycles. The average molecular weight is 321 g/mol. The molecule has 122 valence electrons. The van der Waals surface area contributed by atoms with E-state index in [1.807, 2.05) is 42.5 Å². The molecule has 5 nitrogen and oxygen atoms in total. The van der Waals surface area contributed by atoms with Crippen molar-refractivity contribution < 1.29 is 9.26 Å². The first-order valence-electron chi connectivity index (χ1n) is 8.04. The third-order valence-corrected chi connectivity index (χ3v) is 4.66. The Kier molecular flexibility index (Phi) is 3.58. The van der Waals surface area contributed by atoms with Crippen LogP contribution in [-0.2, 0) is 12.0 Å². The van der Waals surface area contributed by atoms with Crippen LogP contribution in [0.3, 0.4) is 0 Å². The van der Waals surface area contributed by atoms with Gasteiger partial charge in [-0.15, -0.1) is 0 Å². The molecule has 1 saturated carbocycles. The van der Waals surface area contributed by atoms with Crippen molar-refractivity contribution in [3.05, 3.63) is 65.5 Å². The van der Waals surface area contributed by atoms with Crippen LogP contribution in [0.15, 0.2) is 53.1 Å². The summed E-state index contributed by atoms with van der Waals surface area (Å²) in [7, 11) is 1.69. The van der Waals surface area contributed by atoms with Crippen molar-refractivity contribution >= 4 is 0 Å². The van der Waals surface area contributed by atoms with Crippen LogP contribution in [-0.4, -0.2) is 17.3 Å². The number of rotatable bonds is 5. The second-order valence-corrected chi connectivity index (χ2v) is 6.11. The van der Waals surface area contributed by atoms with E-state index < -0.39 is 0 Å². The molecule has 0 aliphatic heterocycles. The second kappa shape index (κ2) is 5.76. The predicted molar refractivity (Wildman–Crippen MR) is 90.6 cm³/mol. The van der Waals surface area contributed by atoms with Gasteiger partial charge in [0.1, 0.15) is 5.75 Å². The molecule has 0 spiro atoms. The Morgan fingerprint density at radius 3 is 2.54 bits per heavy atom. The van der Waals surface area contributed by atoms with Crippen molar-refractivity contribution in [2.45, 2.75) is 24.8 Å². The van der Waals surface area contributed by atoms with Crippen molar-refractivity contribution in [2.75, 3.05) is 7.11 Å². The van der Waals surface area contributed by atoms with Crippen LogP contribution in [0, 0.1) is 0 Å². The zero-order valence-electron chi connectivity index (χ0n) is 13.5. The standard InChI is InChI=1S/C19H19N3O2/c1-23-16-5-3-2-4-15(16)19(10-11-19)18-21-17(22-24-18)14-8-6-13(12-20)7-9-14/h2-9H,10-12,20H2,1H3. The number of nitrogens with zero attached hydrogens (tertiary/aromatic N) is 2. The van der Waals surface area contributed by atoms with Gasteiger partial charge >= 0.3 is 0 Å². The smallest absolute Gasteiger partial charge is 0.237 e. The topological polar surface area (TPSA) is 74.2 Å². The zero-order chi connectivity index (χ0) is 16.6. The Labute approximate surface area is 140 Å². The molecule has 2 aromatic carbocycles. The van der Waals surface area contributed by atoms with Gasteiger partial charge < -0.3 is 15.0 Å². The van der Waals surface area contributed by atoms with E-state index >= 15 is 0 Å². The molecule has 0 radical (unpaired) electrons. The molecule has 0 bridgehead atoms. The summed E-state index contributed by atoms with van der Waals surface area (Å²) in [4.78, 5) is 4.66. The van der Waals surface area contributed by atoms with Crippen LogP contribution in [0.1, 0.15) is 29.9 Å². The molecule has 1 fully saturated rings. The summed E-state index contributed by atoms with van der Waals surface area (Å²) in [6.45, 7) is 0.523. The third-order valence-electron chi connectivity index (χ3n) is 4.66. The highest BCUT2D eigenvalue weighted by atomic mass is 16.5. The highest BCUT2D eigenvalue weighted by Crippen LogP contribution is 2.55.